The third-order valence-corrected chi connectivity index (χ3v) is 4.36. The number of H-pyrrole nitrogens is 1. The lowest BCUT2D eigenvalue weighted by Crippen LogP contribution is -1.98. The molecule has 92 valence electrons. The summed E-state index contributed by atoms with van der Waals surface area (Å²) in [7, 11) is 0. The molecule has 3 aromatic rings. The van der Waals surface area contributed by atoms with Gasteiger partial charge in [0, 0.05) is 4.88 Å². The van der Waals surface area contributed by atoms with Gasteiger partial charge in [-0.05, 0) is 48.3 Å². The number of aromatic nitrogens is 2. The summed E-state index contributed by atoms with van der Waals surface area (Å²) in [6.07, 6.45) is 0. The molecule has 0 saturated carbocycles. The number of nitrogens with zero attached hydrogens (tertiary/aromatic N) is 1. The largest absolute Gasteiger partial charge is 0.328 e. The lowest BCUT2D eigenvalue weighted by Gasteiger charge is -2.03. The molecule has 3 rings (SSSR count). The van der Waals surface area contributed by atoms with E-state index < -0.39 is 0 Å². The predicted octanol–water partition coefficient (Wildman–Crippen LogP) is 4.26. The summed E-state index contributed by atoms with van der Waals surface area (Å²) in [5.41, 5.74) is 2.54. The van der Waals surface area contributed by atoms with Crippen molar-refractivity contribution < 1.29 is 4.39 Å². The summed E-state index contributed by atoms with van der Waals surface area (Å²) in [5, 5.41) is 2.06. The van der Waals surface area contributed by atoms with E-state index in [0.29, 0.717) is 16.8 Å². The smallest absolute Gasteiger partial charge is 0.178 e. The lowest BCUT2D eigenvalue weighted by atomic mass is 10.2. The van der Waals surface area contributed by atoms with Crippen LogP contribution in [0.2, 0.25) is 0 Å². The van der Waals surface area contributed by atoms with Gasteiger partial charge < -0.3 is 9.55 Å². The number of hydrogen-bond acceptors (Lipinski definition) is 2. The Morgan fingerprint density at radius 1 is 1.39 bits per heavy atom. The maximum absolute atomic E-state index is 13.6. The molecule has 1 aromatic carbocycles. The quantitative estimate of drug-likeness (QED) is 0.695. The number of nitrogens with one attached hydrogen (secondary N) is 1. The summed E-state index contributed by atoms with van der Waals surface area (Å²) in [6, 6.07) is 7.11. The van der Waals surface area contributed by atoms with Crippen molar-refractivity contribution in [2.24, 2.45) is 0 Å². The Kier molecular flexibility index (Phi) is 2.80. The first kappa shape index (κ1) is 11.6. The maximum atomic E-state index is 13.6. The Balaban J connectivity index is 2.18. The highest BCUT2D eigenvalue weighted by Gasteiger charge is 2.09. The molecule has 0 aliphatic rings. The number of rotatable bonds is 2. The zero-order valence-electron chi connectivity index (χ0n) is 9.74. The molecule has 5 heteroatoms. The Morgan fingerprint density at radius 2 is 2.22 bits per heavy atom. The van der Waals surface area contributed by atoms with E-state index in [9.17, 15) is 4.39 Å². The summed E-state index contributed by atoms with van der Waals surface area (Å²) in [4.78, 5) is 4.18. The van der Waals surface area contributed by atoms with Crippen molar-refractivity contribution in [1.29, 1.82) is 0 Å². The topological polar surface area (TPSA) is 20.7 Å². The normalized spacial score (nSPS) is 11.2. The molecule has 0 spiro atoms. The van der Waals surface area contributed by atoms with E-state index in [4.69, 9.17) is 12.2 Å². The van der Waals surface area contributed by atoms with Gasteiger partial charge in [-0.1, -0.05) is 6.07 Å². The van der Waals surface area contributed by atoms with E-state index >= 15 is 0 Å². The molecule has 0 aliphatic heterocycles. The lowest BCUT2D eigenvalue weighted by molar-refractivity contribution is 0.637. The summed E-state index contributed by atoms with van der Waals surface area (Å²) in [6.45, 7) is 2.76. The average Bonchev–Trinajstić information content (AvgIpc) is 2.87. The van der Waals surface area contributed by atoms with Crippen molar-refractivity contribution in [1.82, 2.24) is 9.55 Å². The van der Waals surface area contributed by atoms with E-state index in [1.54, 1.807) is 17.4 Å². The minimum absolute atomic E-state index is 0.264. The second kappa shape index (κ2) is 4.33. The molecule has 2 heterocycles. The van der Waals surface area contributed by atoms with Crippen LogP contribution in [-0.2, 0) is 6.54 Å². The van der Waals surface area contributed by atoms with Gasteiger partial charge in [-0.15, -0.1) is 11.3 Å². The van der Waals surface area contributed by atoms with Crippen molar-refractivity contribution in [2.75, 3.05) is 0 Å². The van der Waals surface area contributed by atoms with E-state index in [1.165, 1.54) is 16.5 Å². The second-order valence-electron chi connectivity index (χ2n) is 4.18. The van der Waals surface area contributed by atoms with Gasteiger partial charge in [-0.25, -0.2) is 4.39 Å². The van der Waals surface area contributed by atoms with E-state index in [0.717, 1.165) is 5.52 Å². The predicted molar refractivity (Wildman–Crippen MR) is 75.2 cm³/mol. The van der Waals surface area contributed by atoms with Crippen LogP contribution in [-0.4, -0.2) is 9.55 Å². The minimum Gasteiger partial charge on any atom is -0.328 e. The molecular formula is C13H11FN2S2. The van der Waals surface area contributed by atoms with Gasteiger partial charge in [0.05, 0.1) is 12.1 Å². The molecule has 0 bridgehead atoms. The Bertz CT molecular complexity index is 767. The van der Waals surface area contributed by atoms with Crippen LogP contribution in [0, 0.1) is 17.5 Å². The monoisotopic (exact) mass is 278 g/mol. The molecule has 0 fully saturated rings. The van der Waals surface area contributed by atoms with Crippen molar-refractivity contribution in [3.05, 3.63) is 50.7 Å². The molecule has 0 saturated heterocycles. The number of halogens is 1. The average molecular weight is 278 g/mol. The molecule has 0 amide bonds. The van der Waals surface area contributed by atoms with Crippen LogP contribution < -0.4 is 0 Å². The van der Waals surface area contributed by atoms with Crippen molar-refractivity contribution >= 4 is 34.6 Å². The van der Waals surface area contributed by atoms with Crippen molar-refractivity contribution in [3.8, 4) is 0 Å². The SMILES string of the molecule is Cc1ccsc1Cn1c(=S)[nH]c2c(F)cccc21. The number of benzene rings is 1. The highest BCUT2D eigenvalue weighted by molar-refractivity contribution is 7.71. The van der Waals surface area contributed by atoms with Gasteiger partial charge in [0.1, 0.15) is 11.3 Å². The van der Waals surface area contributed by atoms with Gasteiger partial charge in [0.2, 0.25) is 0 Å². The molecule has 0 atom stereocenters. The molecular weight excluding hydrogens is 267 g/mol. The maximum Gasteiger partial charge on any atom is 0.178 e. The summed E-state index contributed by atoms with van der Waals surface area (Å²) in [5.74, 6) is -0.264. The minimum atomic E-state index is -0.264. The molecule has 0 radical (unpaired) electrons. The molecule has 2 nitrogen and oxygen atoms in total. The first-order valence-electron chi connectivity index (χ1n) is 5.57. The van der Waals surface area contributed by atoms with Crippen LogP contribution in [0.25, 0.3) is 11.0 Å². The fraction of sp³-hybridized carbons (Fsp3) is 0.154. The van der Waals surface area contributed by atoms with Gasteiger partial charge in [0.25, 0.3) is 0 Å². The summed E-state index contributed by atoms with van der Waals surface area (Å²) >= 11 is 6.97. The number of aryl methyl sites for hydroxylation is 1. The van der Waals surface area contributed by atoms with E-state index in [2.05, 4.69) is 23.4 Å². The van der Waals surface area contributed by atoms with Crippen LogP contribution in [0.15, 0.2) is 29.6 Å². The van der Waals surface area contributed by atoms with Crippen molar-refractivity contribution in [2.45, 2.75) is 13.5 Å². The number of imidazole rings is 1. The molecule has 2 aromatic heterocycles. The first-order valence-corrected chi connectivity index (χ1v) is 6.85. The number of hydrogen-bond donors (Lipinski definition) is 1. The highest BCUT2D eigenvalue weighted by Crippen LogP contribution is 2.22. The Labute approximate surface area is 113 Å². The number of thiophene rings is 1. The van der Waals surface area contributed by atoms with E-state index in [1.807, 2.05) is 10.6 Å². The Hall–Kier alpha value is -1.46. The molecule has 0 unspecified atom stereocenters. The van der Waals surface area contributed by atoms with Gasteiger partial charge >= 0.3 is 0 Å². The third-order valence-electron chi connectivity index (χ3n) is 3.03. The molecule has 18 heavy (non-hydrogen) atoms. The van der Waals surface area contributed by atoms with Gasteiger partial charge in [-0.3, -0.25) is 0 Å². The van der Waals surface area contributed by atoms with Crippen LogP contribution >= 0.6 is 23.6 Å². The van der Waals surface area contributed by atoms with Crippen LogP contribution in [0.5, 0.6) is 0 Å². The van der Waals surface area contributed by atoms with Crippen LogP contribution in [0.4, 0.5) is 4.39 Å². The van der Waals surface area contributed by atoms with E-state index in [-0.39, 0.29) is 5.82 Å². The summed E-state index contributed by atoms with van der Waals surface area (Å²) < 4.78 is 16.1. The highest BCUT2D eigenvalue weighted by atomic mass is 32.1. The van der Waals surface area contributed by atoms with Crippen LogP contribution in [0.1, 0.15) is 10.4 Å². The zero-order valence-corrected chi connectivity index (χ0v) is 11.4. The number of fused-ring (bicyclic) bond motifs is 1. The Morgan fingerprint density at radius 3 is 2.94 bits per heavy atom. The third kappa shape index (κ3) is 1.79. The fourth-order valence-corrected chi connectivity index (χ4v) is 3.17. The molecule has 0 aliphatic carbocycles. The number of para-hydroxylation sites is 1. The standard InChI is InChI=1S/C13H11FN2S2/c1-8-5-6-18-11(8)7-16-10-4-2-3-9(14)12(10)15-13(16)17/h2-6H,7H2,1H3,(H,15,17). The first-order chi connectivity index (χ1) is 8.66. The number of aromatic amines is 1. The zero-order chi connectivity index (χ0) is 12.7. The fourth-order valence-electron chi connectivity index (χ4n) is 2.01. The van der Waals surface area contributed by atoms with Crippen LogP contribution in [0.3, 0.4) is 0 Å². The van der Waals surface area contributed by atoms with Gasteiger partial charge in [0.15, 0.2) is 4.77 Å². The van der Waals surface area contributed by atoms with Gasteiger partial charge in [-0.2, -0.15) is 0 Å². The molecule has 1 N–H and O–H groups in total. The second-order valence-corrected chi connectivity index (χ2v) is 5.56. The van der Waals surface area contributed by atoms with Crippen molar-refractivity contribution in [3.63, 3.8) is 0 Å².